The second kappa shape index (κ2) is 12.2. The number of amides is 3. The van der Waals surface area contributed by atoms with Crippen molar-refractivity contribution in [2.24, 2.45) is 0 Å². The third-order valence-electron chi connectivity index (χ3n) is 8.09. The Morgan fingerprint density at radius 3 is 1.73 bits per heavy atom. The molecule has 4 aromatic rings. The maximum atomic E-state index is 14.4. The van der Waals surface area contributed by atoms with Crippen LogP contribution < -0.4 is 16.0 Å². The van der Waals surface area contributed by atoms with Gasteiger partial charge in [-0.25, -0.2) is 9.59 Å². The van der Waals surface area contributed by atoms with Gasteiger partial charge in [-0.1, -0.05) is 72.8 Å². The number of fused-ring (bicyclic) bond motifs is 7. The molecule has 0 fully saturated rings. The molecule has 9 nitrogen and oxygen atoms in total. The Hall–Kier alpha value is -4.92. The zero-order chi connectivity index (χ0) is 32.5. The van der Waals surface area contributed by atoms with Crippen molar-refractivity contribution >= 4 is 45.4 Å². The fraction of sp³-hybridized carbons (Fsp3) is 0.333. The first kappa shape index (κ1) is 31.5. The summed E-state index contributed by atoms with van der Waals surface area (Å²) in [6, 6.07) is 22.2. The van der Waals surface area contributed by atoms with Crippen LogP contribution in [0.1, 0.15) is 45.7 Å². The number of hydrogen-bond donors (Lipinski definition) is 3. The summed E-state index contributed by atoms with van der Waals surface area (Å²) in [7, 11) is 1.25. The summed E-state index contributed by atoms with van der Waals surface area (Å²) in [5, 5.41) is 12.5. The van der Waals surface area contributed by atoms with Crippen LogP contribution in [0.15, 0.2) is 72.8 Å². The lowest BCUT2D eigenvalue weighted by Crippen LogP contribution is -2.65. The maximum absolute atomic E-state index is 14.4. The summed E-state index contributed by atoms with van der Waals surface area (Å²) in [6.45, 7) is 8.25. The van der Waals surface area contributed by atoms with E-state index in [0.29, 0.717) is 0 Å². The standard InChI is InChI=1S/C36H39N3O6/c1-21(38-34(43)45-35(3,4)5)31(40)39-36(33(42)37-22(2)32(41)44-6)19-25-17-15-23-11-7-9-13-27(23)29(25)30-26(20-36)18-16-24-12-8-10-14-28(24)30/h7-18,21-22H,19-20H2,1-6H3,(H,37,42)(H,38,43)(H,39,40)/t21-,22-/m0/s1. The normalized spacial score (nSPS) is 15.1. The minimum Gasteiger partial charge on any atom is -0.467 e. The van der Waals surface area contributed by atoms with Gasteiger partial charge in [0.1, 0.15) is 23.2 Å². The van der Waals surface area contributed by atoms with Crippen LogP contribution in [0.25, 0.3) is 32.7 Å². The van der Waals surface area contributed by atoms with Crippen molar-refractivity contribution in [1.29, 1.82) is 0 Å². The van der Waals surface area contributed by atoms with Gasteiger partial charge in [-0.05, 0) is 78.4 Å². The number of rotatable bonds is 6. The minimum absolute atomic E-state index is 0.126. The first-order chi connectivity index (χ1) is 21.3. The predicted octanol–water partition coefficient (Wildman–Crippen LogP) is 5.20. The van der Waals surface area contributed by atoms with Crippen LogP contribution in [-0.4, -0.2) is 54.2 Å². The smallest absolute Gasteiger partial charge is 0.408 e. The average molecular weight is 610 g/mol. The van der Waals surface area contributed by atoms with E-state index in [0.717, 1.165) is 43.8 Å². The van der Waals surface area contributed by atoms with Gasteiger partial charge < -0.3 is 25.4 Å². The van der Waals surface area contributed by atoms with Crippen molar-refractivity contribution < 1.29 is 28.7 Å². The van der Waals surface area contributed by atoms with Gasteiger partial charge in [0.25, 0.3) is 0 Å². The van der Waals surface area contributed by atoms with Gasteiger partial charge in [0.2, 0.25) is 11.8 Å². The number of carbonyl (C=O) groups excluding carboxylic acids is 4. The van der Waals surface area contributed by atoms with Crippen LogP contribution in [0.3, 0.4) is 0 Å². The molecule has 3 N–H and O–H groups in total. The van der Waals surface area contributed by atoms with E-state index in [-0.39, 0.29) is 12.8 Å². The molecule has 4 aromatic carbocycles. The highest BCUT2D eigenvalue weighted by Crippen LogP contribution is 2.44. The fourth-order valence-corrected chi connectivity index (χ4v) is 6.00. The molecule has 9 heteroatoms. The molecule has 0 spiro atoms. The zero-order valence-corrected chi connectivity index (χ0v) is 26.4. The van der Waals surface area contributed by atoms with Crippen molar-refractivity contribution in [3.8, 4) is 11.1 Å². The van der Waals surface area contributed by atoms with Crippen molar-refractivity contribution in [1.82, 2.24) is 16.0 Å². The van der Waals surface area contributed by atoms with Crippen LogP contribution in [-0.2, 0) is 36.7 Å². The molecular formula is C36H39N3O6. The highest BCUT2D eigenvalue weighted by Gasteiger charge is 2.45. The fourth-order valence-electron chi connectivity index (χ4n) is 6.00. The summed E-state index contributed by atoms with van der Waals surface area (Å²) >= 11 is 0. The van der Waals surface area contributed by atoms with Gasteiger partial charge >= 0.3 is 12.1 Å². The van der Waals surface area contributed by atoms with Crippen molar-refractivity contribution in [2.45, 2.75) is 70.7 Å². The Morgan fingerprint density at radius 2 is 1.24 bits per heavy atom. The molecule has 3 amide bonds. The van der Waals surface area contributed by atoms with Crippen molar-refractivity contribution in [3.63, 3.8) is 0 Å². The molecule has 1 aliphatic carbocycles. The Bertz CT molecular complexity index is 1720. The number of carbonyl (C=O) groups is 4. The van der Waals surface area contributed by atoms with Crippen molar-refractivity contribution in [3.05, 3.63) is 83.9 Å². The zero-order valence-electron chi connectivity index (χ0n) is 26.4. The molecular weight excluding hydrogens is 570 g/mol. The molecule has 0 aliphatic heterocycles. The van der Waals surface area contributed by atoms with Crippen LogP contribution in [0.4, 0.5) is 4.79 Å². The van der Waals surface area contributed by atoms with Crippen molar-refractivity contribution in [2.75, 3.05) is 7.11 Å². The lowest BCUT2D eigenvalue weighted by molar-refractivity contribution is -0.145. The van der Waals surface area contributed by atoms with Crippen LogP contribution >= 0.6 is 0 Å². The molecule has 2 atom stereocenters. The van der Waals surface area contributed by atoms with E-state index in [1.807, 2.05) is 48.5 Å². The SMILES string of the molecule is COC(=O)[C@H](C)NC(=O)C1(NC(=O)[C@H](C)NC(=O)OC(C)(C)C)Cc2ccc3ccccc3c2-c2c(ccc3ccccc23)C1. The summed E-state index contributed by atoms with van der Waals surface area (Å²) in [5.74, 6) is -1.73. The molecule has 0 aromatic heterocycles. The summed E-state index contributed by atoms with van der Waals surface area (Å²) in [4.78, 5) is 53.1. The van der Waals surface area contributed by atoms with Gasteiger partial charge in [-0.2, -0.15) is 0 Å². The molecule has 45 heavy (non-hydrogen) atoms. The monoisotopic (exact) mass is 609 g/mol. The van der Waals surface area contributed by atoms with E-state index in [9.17, 15) is 19.2 Å². The highest BCUT2D eigenvalue weighted by molar-refractivity contribution is 6.09. The quantitative estimate of drug-likeness (QED) is 0.258. The summed E-state index contributed by atoms with van der Waals surface area (Å²) in [6.07, 6.45) is -0.501. The predicted molar refractivity (Wildman–Crippen MR) is 174 cm³/mol. The molecule has 1 aliphatic rings. The van der Waals surface area contributed by atoms with E-state index in [2.05, 4.69) is 40.2 Å². The van der Waals surface area contributed by atoms with Gasteiger partial charge in [-0.15, -0.1) is 0 Å². The number of benzene rings is 4. The molecule has 0 unspecified atom stereocenters. The number of hydrogen-bond acceptors (Lipinski definition) is 6. The molecule has 234 valence electrons. The van der Waals surface area contributed by atoms with E-state index in [1.54, 1.807) is 20.8 Å². The Labute approximate surface area is 262 Å². The van der Waals surface area contributed by atoms with E-state index >= 15 is 0 Å². The average Bonchev–Trinajstić information content (AvgIpc) is 3.14. The van der Waals surface area contributed by atoms with Crippen LogP contribution in [0, 0.1) is 0 Å². The van der Waals surface area contributed by atoms with Gasteiger partial charge in [0.05, 0.1) is 7.11 Å². The lowest BCUT2D eigenvalue weighted by Gasteiger charge is -2.35. The Morgan fingerprint density at radius 1 is 0.733 bits per heavy atom. The largest absolute Gasteiger partial charge is 0.467 e. The number of ether oxygens (including phenoxy) is 2. The molecule has 0 radical (unpaired) electrons. The third kappa shape index (κ3) is 6.48. The Balaban J connectivity index is 1.67. The number of methoxy groups -OCH3 is 1. The number of alkyl carbamates (subject to hydrolysis) is 1. The van der Waals surface area contributed by atoms with E-state index < -0.39 is 47.1 Å². The molecule has 0 saturated carbocycles. The topological polar surface area (TPSA) is 123 Å². The first-order valence-corrected chi connectivity index (χ1v) is 15.0. The van der Waals surface area contributed by atoms with E-state index in [1.165, 1.54) is 21.0 Å². The van der Waals surface area contributed by atoms with Crippen LogP contribution in [0.2, 0.25) is 0 Å². The first-order valence-electron chi connectivity index (χ1n) is 15.0. The molecule has 0 heterocycles. The third-order valence-corrected chi connectivity index (χ3v) is 8.09. The maximum Gasteiger partial charge on any atom is 0.408 e. The second-order valence-corrected chi connectivity index (χ2v) is 12.7. The molecule has 0 saturated heterocycles. The van der Waals surface area contributed by atoms with Gasteiger partial charge in [0, 0.05) is 12.8 Å². The lowest BCUT2D eigenvalue weighted by atomic mass is 9.84. The molecule has 0 bridgehead atoms. The second-order valence-electron chi connectivity index (χ2n) is 12.7. The number of esters is 1. The summed E-state index contributed by atoms with van der Waals surface area (Å²) < 4.78 is 10.2. The molecule has 5 rings (SSSR count). The highest BCUT2D eigenvalue weighted by atomic mass is 16.6. The summed E-state index contributed by atoms with van der Waals surface area (Å²) in [5.41, 5.74) is 1.41. The van der Waals surface area contributed by atoms with Gasteiger partial charge in [0.15, 0.2) is 0 Å². The Kier molecular flexibility index (Phi) is 8.56. The van der Waals surface area contributed by atoms with E-state index in [4.69, 9.17) is 9.47 Å². The number of nitrogens with one attached hydrogen (secondary N) is 3. The minimum atomic E-state index is -1.53. The van der Waals surface area contributed by atoms with Gasteiger partial charge in [-0.3, -0.25) is 9.59 Å². The van der Waals surface area contributed by atoms with Crippen LogP contribution in [0.5, 0.6) is 0 Å².